The van der Waals surface area contributed by atoms with Crippen LogP contribution in [0.1, 0.15) is 31.2 Å². The summed E-state index contributed by atoms with van der Waals surface area (Å²) in [5.74, 6) is -2.86. The van der Waals surface area contributed by atoms with Crippen LogP contribution >= 0.6 is 0 Å². The molecular weight excluding hydrogens is 416 g/mol. The summed E-state index contributed by atoms with van der Waals surface area (Å²) in [6.45, 7) is 4.01. The molecule has 2 aliphatic rings. The zero-order valence-electron chi connectivity index (χ0n) is 17.3. The summed E-state index contributed by atoms with van der Waals surface area (Å²) in [4.78, 5) is 13.7. The first kappa shape index (κ1) is 23.1. The number of likely N-dealkylation sites (tertiary alicyclic amines) is 1. The first-order valence-corrected chi connectivity index (χ1v) is 10.1. The third-order valence-electron chi connectivity index (χ3n) is 6.00. The molecule has 2 aromatic rings. The average Bonchev–Trinajstić information content (AvgIpc) is 3.29. The molecule has 10 heteroatoms. The van der Waals surface area contributed by atoms with E-state index in [0.29, 0.717) is 0 Å². The van der Waals surface area contributed by atoms with Gasteiger partial charge in [0.2, 0.25) is 0 Å². The van der Waals surface area contributed by atoms with Crippen LogP contribution in [0.25, 0.3) is 0 Å². The summed E-state index contributed by atoms with van der Waals surface area (Å²) >= 11 is 0. The number of halogens is 4. The summed E-state index contributed by atoms with van der Waals surface area (Å²) in [5, 5.41) is 11.4. The molecule has 0 bridgehead atoms. The molecule has 0 saturated carbocycles. The van der Waals surface area contributed by atoms with E-state index in [1.807, 2.05) is 30.1 Å². The lowest BCUT2D eigenvalue weighted by Gasteiger charge is -2.45. The number of nitrogens with zero attached hydrogens (tertiary/aromatic N) is 4. The van der Waals surface area contributed by atoms with Crippen LogP contribution in [0, 0.1) is 5.82 Å². The third kappa shape index (κ3) is 5.55. The zero-order chi connectivity index (χ0) is 22.6. The lowest BCUT2D eigenvalue weighted by atomic mass is 9.84. The van der Waals surface area contributed by atoms with E-state index in [2.05, 4.69) is 21.1 Å². The van der Waals surface area contributed by atoms with Crippen LogP contribution in [-0.2, 0) is 18.4 Å². The van der Waals surface area contributed by atoms with Crippen molar-refractivity contribution in [1.82, 2.24) is 14.7 Å². The van der Waals surface area contributed by atoms with Crippen molar-refractivity contribution in [2.75, 3.05) is 24.5 Å². The highest BCUT2D eigenvalue weighted by atomic mass is 19.4. The number of rotatable bonds is 3. The zero-order valence-corrected chi connectivity index (χ0v) is 17.3. The number of hydrogen-bond acceptors (Lipinski definition) is 4. The van der Waals surface area contributed by atoms with Crippen LogP contribution in [0.3, 0.4) is 0 Å². The van der Waals surface area contributed by atoms with E-state index in [1.165, 1.54) is 18.4 Å². The average molecular weight is 442 g/mol. The van der Waals surface area contributed by atoms with Crippen molar-refractivity contribution in [3.63, 3.8) is 0 Å². The number of aromatic nitrogens is 2. The van der Waals surface area contributed by atoms with Crippen molar-refractivity contribution in [1.29, 1.82) is 0 Å². The highest BCUT2D eigenvalue weighted by Gasteiger charge is 2.43. The molecule has 0 aliphatic carbocycles. The molecule has 1 N–H and O–H groups in total. The van der Waals surface area contributed by atoms with E-state index in [-0.39, 0.29) is 11.4 Å². The van der Waals surface area contributed by atoms with Gasteiger partial charge in [0, 0.05) is 44.0 Å². The Morgan fingerprint density at radius 2 is 1.81 bits per heavy atom. The van der Waals surface area contributed by atoms with E-state index in [4.69, 9.17) is 9.90 Å². The summed E-state index contributed by atoms with van der Waals surface area (Å²) < 4.78 is 47.7. The molecule has 170 valence electrons. The smallest absolute Gasteiger partial charge is 0.475 e. The van der Waals surface area contributed by atoms with Crippen molar-refractivity contribution in [2.24, 2.45) is 7.05 Å². The number of para-hydroxylation sites is 1. The van der Waals surface area contributed by atoms with Crippen molar-refractivity contribution >= 4 is 11.7 Å². The lowest BCUT2D eigenvalue weighted by molar-refractivity contribution is -0.192. The standard InChI is InChI=1S/C19H25FN4.C2HF3O2/c1-22-14-16(13-21-22)15-24-10-4-7-19(24)8-11-23(12-9-19)18-6-3-2-5-17(18)20;3-2(4,5)1(6)7/h2-3,5-6,13-14H,4,7-12,15H2,1H3;(H,6,7). The number of carbonyl (C=O) groups is 1. The Labute approximate surface area is 178 Å². The fourth-order valence-electron chi connectivity index (χ4n) is 4.45. The molecule has 1 aromatic heterocycles. The van der Waals surface area contributed by atoms with Crippen LogP contribution in [-0.4, -0.2) is 57.1 Å². The molecule has 0 amide bonds. The second-order valence-corrected chi connectivity index (χ2v) is 8.01. The van der Waals surface area contributed by atoms with Gasteiger partial charge in [0.1, 0.15) is 5.82 Å². The molecule has 6 nitrogen and oxygen atoms in total. The molecule has 2 saturated heterocycles. The largest absolute Gasteiger partial charge is 0.490 e. The number of carboxylic acids is 1. The van der Waals surface area contributed by atoms with E-state index in [9.17, 15) is 17.6 Å². The van der Waals surface area contributed by atoms with E-state index in [0.717, 1.165) is 44.7 Å². The quantitative estimate of drug-likeness (QED) is 0.733. The Morgan fingerprint density at radius 1 is 1.16 bits per heavy atom. The minimum atomic E-state index is -5.08. The van der Waals surface area contributed by atoms with Crippen LogP contribution in [0.2, 0.25) is 0 Å². The minimum Gasteiger partial charge on any atom is -0.475 e. The van der Waals surface area contributed by atoms with Gasteiger partial charge >= 0.3 is 12.1 Å². The first-order chi connectivity index (χ1) is 14.6. The Bertz CT molecular complexity index is 892. The van der Waals surface area contributed by atoms with Crippen LogP contribution in [0.4, 0.5) is 23.2 Å². The maximum absolute atomic E-state index is 14.0. The molecule has 1 aromatic carbocycles. The highest BCUT2D eigenvalue weighted by Crippen LogP contribution is 2.40. The van der Waals surface area contributed by atoms with Gasteiger partial charge in [-0.25, -0.2) is 9.18 Å². The Hall–Kier alpha value is -2.62. The van der Waals surface area contributed by atoms with Gasteiger partial charge in [0.25, 0.3) is 0 Å². The predicted molar refractivity (Wildman–Crippen MR) is 107 cm³/mol. The summed E-state index contributed by atoms with van der Waals surface area (Å²) in [6.07, 6.45) is 3.75. The number of alkyl halides is 3. The van der Waals surface area contributed by atoms with Gasteiger partial charge in [0.05, 0.1) is 11.9 Å². The van der Waals surface area contributed by atoms with Crippen LogP contribution in [0.5, 0.6) is 0 Å². The number of piperidine rings is 1. The molecule has 2 fully saturated rings. The topological polar surface area (TPSA) is 61.6 Å². The highest BCUT2D eigenvalue weighted by molar-refractivity contribution is 5.73. The van der Waals surface area contributed by atoms with Gasteiger partial charge in [-0.2, -0.15) is 18.3 Å². The van der Waals surface area contributed by atoms with Crippen molar-refractivity contribution in [3.05, 3.63) is 48.0 Å². The van der Waals surface area contributed by atoms with Gasteiger partial charge in [-0.3, -0.25) is 9.58 Å². The molecule has 4 rings (SSSR count). The van der Waals surface area contributed by atoms with Crippen molar-refractivity contribution in [3.8, 4) is 0 Å². The van der Waals surface area contributed by atoms with Crippen LogP contribution in [0.15, 0.2) is 36.7 Å². The summed E-state index contributed by atoms with van der Waals surface area (Å²) in [7, 11) is 1.97. The Morgan fingerprint density at radius 3 is 2.35 bits per heavy atom. The van der Waals surface area contributed by atoms with Gasteiger partial charge in [-0.05, 0) is 44.4 Å². The van der Waals surface area contributed by atoms with Gasteiger partial charge < -0.3 is 10.0 Å². The lowest BCUT2D eigenvalue weighted by Crippen LogP contribution is -2.52. The number of hydrogen-bond donors (Lipinski definition) is 1. The third-order valence-corrected chi connectivity index (χ3v) is 6.00. The second kappa shape index (κ2) is 9.25. The Balaban J connectivity index is 0.000000339. The number of anilines is 1. The van der Waals surface area contributed by atoms with Crippen molar-refractivity contribution < 1.29 is 27.5 Å². The number of aryl methyl sites for hydroxylation is 1. The normalized spacial score (nSPS) is 18.7. The number of carboxylic acid groups (broad SMARTS) is 1. The second-order valence-electron chi connectivity index (χ2n) is 8.01. The van der Waals surface area contributed by atoms with E-state index in [1.54, 1.807) is 12.1 Å². The van der Waals surface area contributed by atoms with E-state index >= 15 is 0 Å². The minimum absolute atomic E-state index is 0.105. The molecule has 3 heterocycles. The molecule has 1 spiro atoms. The van der Waals surface area contributed by atoms with E-state index < -0.39 is 12.1 Å². The Kier molecular flexibility index (Phi) is 6.88. The van der Waals surface area contributed by atoms with Crippen LogP contribution < -0.4 is 4.90 Å². The number of aliphatic carboxylic acids is 1. The summed E-state index contributed by atoms with van der Waals surface area (Å²) in [5.41, 5.74) is 2.33. The SMILES string of the molecule is Cn1cc(CN2CCCC23CCN(c2ccccc2F)CC3)cn1.O=C(O)C(F)(F)F. The van der Waals surface area contributed by atoms with Gasteiger partial charge in [-0.15, -0.1) is 0 Å². The molecule has 2 aliphatic heterocycles. The molecule has 0 atom stereocenters. The monoisotopic (exact) mass is 442 g/mol. The fraction of sp³-hybridized carbons (Fsp3) is 0.524. The fourth-order valence-corrected chi connectivity index (χ4v) is 4.45. The van der Waals surface area contributed by atoms with Crippen molar-refractivity contribution in [2.45, 2.75) is 43.9 Å². The maximum Gasteiger partial charge on any atom is 0.490 e. The van der Waals surface area contributed by atoms with Gasteiger partial charge in [0.15, 0.2) is 0 Å². The molecule has 0 unspecified atom stereocenters. The summed E-state index contributed by atoms with van der Waals surface area (Å²) in [6, 6.07) is 7.14. The molecule has 31 heavy (non-hydrogen) atoms. The first-order valence-electron chi connectivity index (χ1n) is 10.1. The molecular formula is C21H26F4N4O2. The predicted octanol–water partition coefficient (Wildman–Crippen LogP) is 3.83. The molecule has 0 radical (unpaired) electrons. The number of benzene rings is 1. The maximum atomic E-state index is 14.0. The van der Waals surface area contributed by atoms with Gasteiger partial charge in [-0.1, -0.05) is 12.1 Å².